The molecule has 0 bridgehead atoms. The zero-order valence-electron chi connectivity index (χ0n) is 15.4. The molecule has 1 amide bonds. The first-order chi connectivity index (χ1) is 13.1. The molecule has 2 aromatic carbocycles. The van der Waals surface area contributed by atoms with Gasteiger partial charge in [-0.05, 0) is 53.1 Å². The van der Waals surface area contributed by atoms with E-state index in [9.17, 15) is 4.79 Å². The van der Waals surface area contributed by atoms with E-state index in [0.717, 1.165) is 34.3 Å². The van der Waals surface area contributed by atoms with Crippen molar-refractivity contribution in [3.8, 4) is 5.69 Å². The van der Waals surface area contributed by atoms with Crippen LogP contribution >= 0.6 is 15.9 Å². The van der Waals surface area contributed by atoms with E-state index in [-0.39, 0.29) is 11.9 Å². The Kier molecular flexibility index (Phi) is 6.34. The molecule has 1 unspecified atom stereocenters. The van der Waals surface area contributed by atoms with Gasteiger partial charge < -0.3 is 4.90 Å². The first-order valence-corrected chi connectivity index (χ1v) is 9.75. The molecule has 6 nitrogen and oxygen atoms in total. The van der Waals surface area contributed by atoms with Gasteiger partial charge in [0, 0.05) is 11.0 Å². The third kappa shape index (κ3) is 4.60. The Morgan fingerprint density at radius 1 is 1.19 bits per heavy atom. The smallest absolute Gasteiger partial charge is 0.227 e. The first kappa shape index (κ1) is 19.2. The Bertz CT molecular complexity index is 880. The van der Waals surface area contributed by atoms with Crippen LogP contribution in [0.4, 0.5) is 0 Å². The van der Waals surface area contributed by atoms with E-state index in [2.05, 4.69) is 51.4 Å². The van der Waals surface area contributed by atoms with E-state index < -0.39 is 0 Å². The summed E-state index contributed by atoms with van der Waals surface area (Å²) in [7, 11) is 0. The highest BCUT2D eigenvalue weighted by atomic mass is 79.9. The van der Waals surface area contributed by atoms with Crippen LogP contribution in [0.2, 0.25) is 0 Å². The molecule has 0 spiro atoms. The number of nitrogens with zero attached hydrogens (tertiary/aromatic N) is 5. The van der Waals surface area contributed by atoms with Gasteiger partial charge in [0.25, 0.3) is 0 Å². The van der Waals surface area contributed by atoms with Crippen molar-refractivity contribution in [3.63, 3.8) is 0 Å². The minimum atomic E-state index is 0.00789. The van der Waals surface area contributed by atoms with Gasteiger partial charge in [-0.15, -0.1) is 5.10 Å². The predicted octanol–water partition coefficient (Wildman–Crippen LogP) is 3.97. The summed E-state index contributed by atoms with van der Waals surface area (Å²) < 4.78 is 2.61. The molecule has 27 heavy (non-hydrogen) atoms. The summed E-state index contributed by atoms with van der Waals surface area (Å²) in [6.07, 6.45) is 2.83. The zero-order valence-corrected chi connectivity index (χ0v) is 17.0. The second-order valence-electron chi connectivity index (χ2n) is 6.38. The quantitative estimate of drug-likeness (QED) is 0.572. The molecule has 0 aliphatic carbocycles. The third-order valence-electron chi connectivity index (χ3n) is 4.51. The van der Waals surface area contributed by atoms with Crippen molar-refractivity contribution in [2.75, 3.05) is 6.54 Å². The molecular formula is C20H22BrN5O. The third-order valence-corrected chi connectivity index (χ3v) is 5.24. The highest BCUT2D eigenvalue weighted by Crippen LogP contribution is 2.28. The molecule has 7 heteroatoms. The topological polar surface area (TPSA) is 63.9 Å². The largest absolute Gasteiger partial charge is 0.336 e. The van der Waals surface area contributed by atoms with Gasteiger partial charge >= 0.3 is 0 Å². The lowest BCUT2D eigenvalue weighted by Gasteiger charge is -2.30. The Balaban J connectivity index is 1.74. The first-order valence-electron chi connectivity index (χ1n) is 8.96. The summed E-state index contributed by atoms with van der Waals surface area (Å²) in [6, 6.07) is 15.8. The van der Waals surface area contributed by atoms with Crippen LogP contribution in [0.5, 0.6) is 0 Å². The van der Waals surface area contributed by atoms with Gasteiger partial charge in [-0.1, -0.05) is 53.2 Å². The van der Waals surface area contributed by atoms with Gasteiger partial charge in [0.2, 0.25) is 5.91 Å². The Hall–Kier alpha value is -2.54. The number of halogens is 1. The Morgan fingerprint density at radius 3 is 2.56 bits per heavy atom. The van der Waals surface area contributed by atoms with Gasteiger partial charge in [0.05, 0.1) is 18.2 Å². The number of carbonyl (C=O) groups is 1. The fraction of sp³-hybridized carbons (Fsp3) is 0.300. The predicted molar refractivity (Wildman–Crippen MR) is 107 cm³/mol. The fourth-order valence-electron chi connectivity index (χ4n) is 3.08. The van der Waals surface area contributed by atoms with E-state index in [1.165, 1.54) is 0 Å². The number of aromatic nitrogens is 4. The molecule has 140 valence electrons. The standard InChI is InChI=1S/C20H22BrN5O/c1-3-12-25(15(2)18-6-4-5-7-19(18)21)20(27)13-16-8-10-17(11-9-16)26-14-22-23-24-26/h4-11,14-15H,3,12-13H2,1-2H3. The van der Waals surface area contributed by atoms with Crippen LogP contribution in [0.15, 0.2) is 59.3 Å². The van der Waals surface area contributed by atoms with Crippen LogP contribution in [0.1, 0.15) is 37.4 Å². The molecule has 0 saturated carbocycles. The number of carbonyl (C=O) groups excluding carboxylic acids is 1. The highest BCUT2D eigenvalue weighted by Gasteiger charge is 2.22. The lowest BCUT2D eigenvalue weighted by atomic mass is 10.0. The van der Waals surface area contributed by atoms with Gasteiger partial charge in [-0.25, -0.2) is 4.68 Å². The second-order valence-corrected chi connectivity index (χ2v) is 7.24. The number of hydrogen-bond donors (Lipinski definition) is 0. The van der Waals surface area contributed by atoms with E-state index in [4.69, 9.17) is 0 Å². The van der Waals surface area contributed by atoms with Crippen molar-refractivity contribution in [1.29, 1.82) is 0 Å². The molecule has 0 saturated heterocycles. The summed E-state index contributed by atoms with van der Waals surface area (Å²) in [6.45, 7) is 4.90. The van der Waals surface area contributed by atoms with Gasteiger partial charge in [0.1, 0.15) is 6.33 Å². The Labute approximate surface area is 167 Å². The van der Waals surface area contributed by atoms with Crippen LogP contribution in [-0.4, -0.2) is 37.6 Å². The summed E-state index contributed by atoms with van der Waals surface area (Å²) in [5, 5.41) is 11.1. The van der Waals surface area contributed by atoms with Gasteiger partial charge in [-0.2, -0.15) is 0 Å². The van der Waals surface area contributed by atoms with Gasteiger partial charge in [-0.3, -0.25) is 4.79 Å². The fourth-order valence-corrected chi connectivity index (χ4v) is 3.70. The molecule has 3 rings (SSSR count). The summed E-state index contributed by atoms with van der Waals surface area (Å²) in [5.41, 5.74) is 2.95. The van der Waals surface area contributed by atoms with E-state index in [0.29, 0.717) is 6.42 Å². The van der Waals surface area contributed by atoms with Crippen molar-refractivity contribution < 1.29 is 4.79 Å². The van der Waals surface area contributed by atoms with Gasteiger partial charge in [0.15, 0.2) is 0 Å². The average Bonchev–Trinajstić information content (AvgIpc) is 3.21. The number of tetrazole rings is 1. The second kappa shape index (κ2) is 8.90. The zero-order chi connectivity index (χ0) is 19.2. The monoisotopic (exact) mass is 427 g/mol. The van der Waals surface area contributed by atoms with Crippen molar-refractivity contribution in [1.82, 2.24) is 25.1 Å². The normalized spacial score (nSPS) is 12.0. The number of benzene rings is 2. The van der Waals surface area contributed by atoms with E-state index in [1.54, 1.807) is 11.0 Å². The van der Waals surface area contributed by atoms with Crippen LogP contribution in [0.3, 0.4) is 0 Å². The molecule has 0 fully saturated rings. The molecule has 1 heterocycles. The summed E-state index contributed by atoms with van der Waals surface area (Å²) in [5.74, 6) is 0.121. The molecule has 0 N–H and O–H groups in total. The molecule has 3 aromatic rings. The number of hydrogen-bond acceptors (Lipinski definition) is 4. The van der Waals surface area contributed by atoms with Crippen LogP contribution < -0.4 is 0 Å². The maximum absolute atomic E-state index is 13.0. The molecule has 1 aromatic heterocycles. The van der Waals surface area contributed by atoms with Crippen LogP contribution in [0, 0.1) is 0 Å². The van der Waals surface area contributed by atoms with Crippen LogP contribution in [0.25, 0.3) is 5.69 Å². The number of amides is 1. The molecule has 0 aliphatic rings. The van der Waals surface area contributed by atoms with E-state index in [1.807, 2.05) is 47.4 Å². The summed E-state index contributed by atoms with van der Waals surface area (Å²) in [4.78, 5) is 15.0. The molecular weight excluding hydrogens is 406 g/mol. The minimum absolute atomic E-state index is 0.00789. The number of rotatable bonds is 7. The Morgan fingerprint density at radius 2 is 1.93 bits per heavy atom. The van der Waals surface area contributed by atoms with Crippen molar-refractivity contribution >= 4 is 21.8 Å². The lowest BCUT2D eigenvalue weighted by Crippen LogP contribution is -2.35. The van der Waals surface area contributed by atoms with Crippen molar-refractivity contribution in [2.24, 2.45) is 0 Å². The molecule has 1 atom stereocenters. The average molecular weight is 428 g/mol. The maximum Gasteiger partial charge on any atom is 0.227 e. The SMILES string of the molecule is CCCN(C(=O)Cc1ccc(-n2cnnn2)cc1)C(C)c1ccccc1Br. The summed E-state index contributed by atoms with van der Waals surface area (Å²) >= 11 is 3.60. The van der Waals surface area contributed by atoms with Crippen LogP contribution in [-0.2, 0) is 11.2 Å². The van der Waals surface area contributed by atoms with Crippen molar-refractivity contribution in [2.45, 2.75) is 32.7 Å². The minimum Gasteiger partial charge on any atom is -0.336 e. The molecule has 0 aliphatic heterocycles. The van der Waals surface area contributed by atoms with Crippen molar-refractivity contribution in [3.05, 3.63) is 70.5 Å². The highest BCUT2D eigenvalue weighted by molar-refractivity contribution is 9.10. The van der Waals surface area contributed by atoms with E-state index >= 15 is 0 Å². The molecule has 0 radical (unpaired) electrons. The maximum atomic E-state index is 13.0. The lowest BCUT2D eigenvalue weighted by molar-refractivity contribution is -0.132.